The Balaban J connectivity index is 1.41. The molecular formula is C23H26ClN7O5S. The average Bonchev–Trinajstić information content (AvgIpc) is 3.52. The number of nitrogens with zero attached hydrogens (tertiary/aromatic N) is 4. The first-order valence-electron chi connectivity index (χ1n) is 11.5. The van der Waals surface area contributed by atoms with Crippen molar-refractivity contribution in [2.75, 3.05) is 23.1 Å². The van der Waals surface area contributed by atoms with Gasteiger partial charge in [0.15, 0.2) is 0 Å². The molecule has 14 heteroatoms. The van der Waals surface area contributed by atoms with Crippen molar-refractivity contribution in [3.63, 3.8) is 0 Å². The van der Waals surface area contributed by atoms with Gasteiger partial charge in [-0.3, -0.25) is 18.5 Å². The van der Waals surface area contributed by atoms with Gasteiger partial charge in [0, 0.05) is 24.1 Å². The minimum Gasteiger partial charge on any atom is -0.367 e. The highest BCUT2D eigenvalue weighted by molar-refractivity contribution is 7.84. The van der Waals surface area contributed by atoms with Crippen LogP contribution in [0.2, 0.25) is 0 Å². The molecule has 0 radical (unpaired) electrons. The molecule has 0 aliphatic heterocycles. The highest BCUT2D eigenvalue weighted by Crippen LogP contribution is 2.29. The highest BCUT2D eigenvalue weighted by atomic mass is 35.5. The molecule has 1 aliphatic carbocycles. The van der Waals surface area contributed by atoms with Gasteiger partial charge in [0.2, 0.25) is 11.7 Å². The van der Waals surface area contributed by atoms with Crippen molar-refractivity contribution >= 4 is 45.1 Å². The lowest BCUT2D eigenvalue weighted by molar-refractivity contribution is -0.113. The lowest BCUT2D eigenvalue weighted by Crippen LogP contribution is -2.22. The topological polar surface area (TPSA) is 171 Å². The van der Waals surface area contributed by atoms with Crippen LogP contribution in [0.15, 0.2) is 49.1 Å². The first-order chi connectivity index (χ1) is 17.7. The number of anilines is 2. The summed E-state index contributed by atoms with van der Waals surface area (Å²) in [6.45, 7) is 0.407. The third-order valence-electron chi connectivity index (χ3n) is 5.86. The number of ketones is 1. The average molecular weight is 548 g/mol. The van der Waals surface area contributed by atoms with Gasteiger partial charge in [0.05, 0.1) is 18.7 Å². The molecule has 2 heterocycles. The van der Waals surface area contributed by atoms with Gasteiger partial charge in [0.1, 0.15) is 23.7 Å². The molecule has 4 N–H and O–H groups in total. The van der Waals surface area contributed by atoms with Crippen LogP contribution in [0, 0.1) is 5.92 Å². The fourth-order valence-corrected chi connectivity index (χ4v) is 4.64. The van der Waals surface area contributed by atoms with E-state index in [1.54, 1.807) is 23.0 Å². The molecule has 37 heavy (non-hydrogen) atoms. The van der Waals surface area contributed by atoms with Gasteiger partial charge in [-0.05, 0) is 48.9 Å². The van der Waals surface area contributed by atoms with Gasteiger partial charge in [-0.25, -0.2) is 15.1 Å². The van der Waals surface area contributed by atoms with E-state index in [-0.39, 0.29) is 47.4 Å². The quantitative estimate of drug-likeness (QED) is 0.239. The van der Waals surface area contributed by atoms with E-state index >= 15 is 0 Å². The Bertz CT molecular complexity index is 1380. The third-order valence-corrected chi connectivity index (χ3v) is 6.56. The Labute approximate surface area is 218 Å². The molecule has 0 saturated heterocycles. The monoisotopic (exact) mass is 547 g/mol. The van der Waals surface area contributed by atoms with Crippen LogP contribution in [-0.2, 0) is 25.8 Å². The maximum Gasteiger partial charge on any atom is 0.333 e. The molecule has 1 aromatic carbocycles. The lowest BCUT2D eigenvalue weighted by atomic mass is 10.1. The molecule has 1 amide bonds. The normalized spacial score (nSPS) is 17.5. The number of hydrogen-bond donors (Lipinski definition) is 3. The summed E-state index contributed by atoms with van der Waals surface area (Å²) < 4.78 is 28.4. The van der Waals surface area contributed by atoms with Crippen LogP contribution in [0.3, 0.4) is 0 Å². The van der Waals surface area contributed by atoms with E-state index in [2.05, 4.69) is 25.7 Å². The largest absolute Gasteiger partial charge is 0.367 e. The van der Waals surface area contributed by atoms with Crippen LogP contribution in [0.1, 0.15) is 40.9 Å². The molecular weight excluding hydrogens is 522 g/mol. The molecule has 2 atom stereocenters. The molecule has 12 nitrogen and oxygen atoms in total. The number of aromatic nitrogens is 4. The van der Waals surface area contributed by atoms with E-state index < -0.39 is 10.3 Å². The standard InChI is InChI=1S/C23H26ClN7O5S/c24-10-21(32)28-17-3-1-2-15(8-17)12-31-7-6-20(30-31)22(33)19-11-26-14-27-23(19)29-18-5-4-16(9-18)13-36-37(25,34)35/h1-3,6-8,11,14,16,18H,4-5,9-10,12-13H2,(H,28,32)(H2,25,34,35)(H,26,27,29). The van der Waals surface area contributed by atoms with Crippen molar-refractivity contribution in [2.24, 2.45) is 11.1 Å². The van der Waals surface area contributed by atoms with Crippen molar-refractivity contribution < 1.29 is 22.2 Å². The third kappa shape index (κ3) is 7.55. The van der Waals surface area contributed by atoms with E-state index in [0.29, 0.717) is 24.5 Å². The van der Waals surface area contributed by atoms with E-state index in [0.717, 1.165) is 18.4 Å². The molecule has 0 spiro atoms. The fraction of sp³-hybridized carbons (Fsp3) is 0.348. The summed E-state index contributed by atoms with van der Waals surface area (Å²) in [7, 11) is -3.98. The number of hydrogen-bond acceptors (Lipinski definition) is 9. The van der Waals surface area contributed by atoms with Crippen LogP contribution in [0.25, 0.3) is 0 Å². The van der Waals surface area contributed by atoms with Gasteiger partial charge < -0.3 is 10.6 Å². The summed E-state index contributed by atoms with van der Waals surface area (Å²) in [5, 5.41) is 15.3. The second-order valence-corrected chi connectivity index (χ2v) is 10.2. The van der Waals surface area contributed by atoms with E-state index in [9.17, 15) is 18.0 Å². The number of halogens is 1. The predicted molar refractivity (Wildman–Crippen MR) is 136 cm³/mol. The molecule has 1 saturated carbocycles. The first kappa shape index (κ1) is 26.7. The van der Waals surface area contributed by atoms with Crippen molar-refractivity contribution in [3.05, 3.63) is 65.9 Å². The smallest absolute Gasteiger partial charge is 0.333 e. The minimum atomic E-state index is -3.98. The Hall–Kier alpha value is -3.39. The number of rotatable bonds is 11. The van der Waals surface area contributed by atoms with Crippen LogP contribution in [0.5, 0.6) is 0 Å². The minimum absolute atomic E-state index is 0.0142. The van der Waals surface area contributed by atoms with Crippen molar-refractivity contribution in [1.29, 1.82) is 0 Å². The van der Waals surface area contributed by atoms with E-state index in [4.69, 9.17) is 20.9 Å². The number of benzene rings is 1. The second-order valence-electron chi connectivity index (χ2n) is 8.69. The number of carbonyl (C=O) groups excluding carboxylic acids is 2. The van der Waals surface area contributed by atoms with Crippen LogP contribution < -0.4 is 15.8 Å². The second kappa shape index (κ2) is 11.8. The fourth-order valence-electron chi connectivity index (χ4n) is 4.19. The zero-order valence-corrected chi connectivity index (χ0v) is 21.3. The van der Waals surface area contributed by atoms with Crippen LogP contribution in [0.4, 0.5) is 11.5 Å². The Morgan fingerprint density at radius 3 is 2.86 bits per heavy atom. The summed E-state index contributed by atoms with van der Waals surface area (Å²) in [5.41, 5.74) is 2.01. The number of carbonyl (C=O) groups is 2. The molecule has 2 unspecified atom stereocenters. The SMILES string of the molecule is NS(=O)(=O)OCC1CCC(Nc2ncncc2C(=O)c2ccn(Cc3cccc(NC(=O)CCl)c3)n2)C1. The van der Waals surface area contributed by atoms with Crippen LogP contribution in [-0.4, -0.2) is 58.4 Å². The van der Waals surface area contributed by atoms with Crippen LogP contribution >= 0.6 is 11.6 Å². The zero-order chi connectivity index (χ0) is 26.4. The molecule has 196 valence electrons. The number of nitrogens with one attached hydrogen (secondary N) is 2. The summed E-state index contributed by atoms with van der Waals surface area (Å²) in [6.07, 6.45) is 6.64. The van der Waals surface area contributed by atoms with Gasteiger partial charge in [0.25, 0.3) is 0 Å². The predicted octanol–water partition coefficient (Wildman–Crippen LogP) is 1.93. The number of alkyl halides is 1. The number of amides is 1. The Morgan fingerprint density at radius 1 is 1.24 bits per heavy atom. The Kier molecular flexibility index (Phi) is 8.48. The number of nitrogens with two attached hydrogens (primary N) is 1. The maximum atomic E-state index is 13.2. The van der Waals surface area contributed by atoms with Gasteiger partial charge in [-0.15, -0.1) is 11.6 Å². The zero-order valence-electron chi connectivity index (χ0n) is 19.7. The Morgan fingerprint density at radius 2 is 2.08 bits per heavy atom. The summed E-state index contributed by atoms with van der Waals surface area (Å²) >= 11 is 5.55. The highest BCUT2D eigenvalue weighted by Gasteiger charge is 2.28. The van der Waals surface area contributed by atoms with Crippen molar-refractivity contribution in [1.82, 2.24) is 19.7 Å². The van der Waals surface area contributed by atoms with Gasteiger partial charge >= 0.3 is 10.3 Å². The van der Waals surface area contributed by atoms with Gasteiger partial charge in [-0.1, -0.05) is 12.1 Å². The first-order valence-corrected chi connectivity index (χ1v) is 13.5. The van der Waals surface area contributed by atoms with Crippen molar-refractivity contribution in [3.8, 4) is 0 Å². The molecule has 3 aromatic rings. The molecule has 0 bridgehead atoms. The maximum absolute atomic E-state index is 13.2. The van der Waals surface area contributed by atoms with E-state index in [1.807, 2.05) is 18.2 Å². The molecule has 4 rings (SSSR count). The lowest BCUT2D eigenvalue weighted by Gasteiger charge is -2.15. The van der Waals surface area contributed by atoms with Crippen molar-refractivity contribution in [2.45, 2.75) is 31.8 Å². The summed E-state index contributed by atoms with van der Waals surface area (Å²) in [5.74, 6) is -0.365. The van der Waals surface area contributed by atoms with E-state index in [1.165, 1.54) is 12.5 Å². The van der Waals surface area contributed by atoms with Gasteiger partial charge in [-0.2, -0.15) is 13.5 Å². The molecule has 1 fully saturated rings. The molecule has 2 aromatic heterocycles. The summed E-state index contributed by atoms with van der Waals surface area (Å²) in [6, 6.07) is 8.87. The summed E-state index contributed by atoms with van der Waals surface area (Å²) in [4.78, 5) is 33.0. The molecule has 1 aliphatic rings.